The Morgan fingerprint density at radius 1 is 0.778 bits per heavy atom. The molecule has 0 heterocycles. The molecule has 2 aromatic rings. The highest BCUT2D eigenvalue weighted by Crippen LogP contribution is 2.36. The van der Waals surface area contributed by atoms with Crippen molar-refractivity contribution >= 4 is 28.9 Å². The van der Waals surface area contributed by atoms with E-state index in [2.05, 4.69) is 6.92 Å². The highest BCUT2D eigenvalue weighted by molar-refractivity contribution is 6.17. The van der Waals surface area contributed by atoms with Crippen molar-refractivity contribution in [2.24, 2.45) is 0 Å². The number of halogens is 2. The van der Waals surface area contributed by atoms with Crippen LogP contribution in [-0.2, 0) is 18.4 Å². The number of hydrogen-bond acceptors (Lipinski definition) is 5. The maximum absolute atomic E-state index is 11.8. The number of nitro benzene ring substituents is 1. The molecule has 2 rings (SSSR count). The molecule has 0 spiro atoms. The molecule has 200 valence electrons. The predicted molar refractivity (Wildman–Crippen MR) is 147 cm³/mol. The van der Waals surface area contributed by atoms with Gasteiger partial charge >= 0.3 is 0 Å². The highest BCUT2D eigenvalue weighted by atomic mass is 35.5. The number of alkyl halides is 2. The van der Waals surface area contributed by atoms with Crippen LogP contribution in [-0.4, -0.2) is 18.6 Å². The number of unbranched alkanes of at least 4 members (excludes halogenated alkanes) is 9. The number of nitrogens with zero attached hydrogens (tertiary/aromatic N) is 1. The summed E-state index contributed by atoms with van der Waals surface area (Å²) in [6.07, 6.45) is 12.3. The lowest BCUT2D eigenvalue weighted by Crippen LogP contribution is -2.05. The van der Waals surface area contributed by atoms with Gasteiger partial charge in [-0.2, -0.15) is 0 Å². The maximum Gasteiger partial charge on any atom is 0.280 e. The van der Waals surface area contributed by atoms with Gasteiger partial charge in [0.1, 0.15) is 12.4 Å². The van der Waals surface area contributed by atoms with Gasteiger partial charge in [0.05, 0.1) is 36.1 Å². The van der Waals surface area contributed by atoms with Gasteiger partial charge in [0, 0.05) is 11.4 Å². The molecule has 0 aliphatic rings. The zero-order chi connectivity index (χ0) is 26.2. The standard InChI is InChI=1S/C28H39Cl2NO5/c1-3-4-5-6-7-8-9-10-11-12-15-35-28-18-25(31(32)33)24(17-27(28)34-2)21-36-26-14-13-22(19-29)16-23(26)20-30/h13-14,16-18H,3-12,15,19-21H2,1-2H3. The largest absolute Gasteiger partial charge is 0.493 e. The molecule has 8 heteroatoms. The van der Waals surface area contributed by atoms with Crippen LogP contribution in [0.3, 0.4) is 0 Å². The zero-order valence-electron chi connectivity index (χ0n) is 21.5. The number of hydrogen-bond donors (Lipinski definition) is 0. The smallest absolute Gasteiger partial charge is 0.280 e. The molecule has 0 saturated carbocycles. The quantitative estimate of drug-likeness (QED) is 0.0770. The lowest BCUT2D eigenvalue weighted by molar-refractivity contribution is -0.385. The van der Waals surface area contributed by atoms with Gasteiger partial charge in [-0.05, 0) is 30.2 Å². The van der Waals surface area contributed by atoms with E-state index in [1.165, 1.54) is 64.5 Å². The van der Waals surface area contributed by atoms with E-state index in [9.17, 15) is 10.1 Å². The monoisotopic (exact) mass is 539 g/mol. The summed E-state index contributed by atoms with van der Waals surface area (Å²) in [5.41, 5.74) is 2.03. The summed E-state index contributed by atoms with van der Waals surface area (Å²) in [5, 5.41) is 11.8. The van der Waals surface area contributed by atoms with Gasteiger partial charge in [-0.1, -0.05) is 70.8 Å². The molecule has 0 bridgehead atoms. The normalized spacial score (nSPS) is 10.9. The van der Waals surface area contributed by atoms with Crippen LogP contribution >= 0.6 is 23.2 Å². The molecule has 0 unspecified atom stereocenters. The van der Waals surface area contributed by atoms with Crippen LogP contribution in [0.2, 0.25) is 0 Å². The minimum atomic E-state index is -0.426. The molecule has 0 aliphatic carbocycles. The molecular formula is C28H39Cl2NO5. The van der Waals surface area contributed by atoms with Gasteiger partial charge in [-0.25, -0.2) is 0 Å². The van der Waals surface area contributed by atoms with Crippen LogP contribution in [0, 0.1) is 10.1 Å². The maximum atomic E-state index is 11.8. The summed E-state index contributed by atoms with van der Waals surface area (Å²) in [5.74, 6) is 2.00. The number of nitro groups is 1. The molecule has 2 aromatic carbocycles. The Labute approximate surface area is 225 Å². The molecule has 0 atom stereocenters. The van der Waals surface area contributed by atoms with Gasteiger partial charge in [0.25, 0.3) is 5.69 Å². The van der Waals surface area contributed by atoms with Crippen LogP contribution in [0.15, 0.2) is 30.3 Å². The second-order valence-corrected chi connectivity index (χ2v) is 9.45. The van der Waals surface area contributed by atoms with Crippen molar-refractivity contribution in [3.8, 4) is 17.2 Å². The Morgan fingerprint density at radius 2 is 1.44 bits per heavy atom. The SMILES string of the molecule is CCCCCCCCCCCCOc1cc([N+](=O)[O-])c(COc2ccc(CCl)cc2CCl)cc1OC. The van der Waals surface area contributed by atoms with Crippen molar-refractivity contribution in [1.29, 1.82) is 0 Å². The van der Waals surface area contributed by atoms with Crippen molar-refractivity contribution < 1.29 is 19.1 Å². The summed E-state index contributed by atoms with van der Waals surface area (Å²) in [6, 6.07) is 8.53. The van der Waals surface area contributed by atoms with Crippen molar-refractivity contribution in [2.75, 3.05) is 13.7 Å². The van der Waals surface area contributed by atoms with E-state index in [1.807, 2.05) is 12.1 Å². The lowest BCUT2D eigenvalue weighted by atomic mass is 10.1. The molecule has 0 aliphatic heterocycles. The Morgan fingerprint density at radius 3 is 2.03 bits per heavy atom. The third-order valence-electron chi connectivity index (χ3n) is 6.12. The van der Waals surface area contributed by atoms with Crippen molar-refractivity contribution in [3.05, 3.63) is 57.1 Å². The van der Waals surface area contributed by atoms with Crippen LogP contribution in [0.5, 0.6) is 17.2 Å². The Hall–Kier alpha value is -2.18. The van der Waals surface area contributed by atoms with Crippen LogP contribution in [0.25, 0.3) is 0 Å². The highest BCUT2D eigenvalue weighted by Gasteiger charge is 2.21. The minimum absolute atomic E-state index is 0.00446. The fraction of sp³-hybridized carbons (Fsp3) is 0.571. The Balaban J connectivity index is 1.91. The predicted octanol–water partition coefficient (Wildman–Crippen LogP) is 8.96. The summed E-state index contributed by atoms with van der Waals surface area (Å²) in [7, 11) is 1.52. The van der Waals surface area contributed by atoms with E-state index >= 15 is 0 Å². The number of rotatable bonds is 19. The fourth-order valence-electron chi connectivity index (χ4n) is 4.04. The molecule has 0 amide bonds. The van der Waals surface area contributed by atoms with Crippen molar-refractivity contribution in [2.45, 2.75) is 89.5 Å². The molecule has 36 heavy (non-hydrogen) atoms. The Bertz CT molecular complexity index is 938. The molecule has 0 radical (unpaired) electrons. The summed E-state index contributed by atoms with van der Waals surface area (Å²) < 4.78 is 17.2. The first-order chi connectivity index (χ1) is 17.5. The van der Waals surface area contributed by atoms with E-state index in [1.54, 1.807) is 12.1 Å². The van der Waals surface area contributed by atoms with E-state index in [-0.39, 0.29) is 18.2 Å². The second-order valence-electron chi connectivity index (χ2n) is 8.92. The third-order valence-corrected chi connectivity index (χ3v) is 6.72. The molecule has 0 aromatic heterocycles. The molecule has 0 N–H and O–H groups in total. The molecule has 0 saturated heterocycles. The third kappa shape index (κ3) is 10.1. The number of ether oxygens (including phenoxy) is 3. The summed E-state index contributed by atoms with van der Waals surface area (Å²) in [4.78, 5) is 11.3. The van der Waals surface area contributed by atoms with E-state index < -0.39 is 4.92 Å². The van der Waals surface area contributed by atoms with Crippen molar-refractivity contribution in [3.63, 3.8) is 0 Å². The Kier molecular flexibility index (Phi) is 14.4. The van der Waals surface area contributed by atoms with Gasteiger partial charge < -0.3 is 14.2 Å². The molecule has 0 fully saturated rings. The van der Waals surface area contributed by atoms with Gasteiger partial charge in [-0.3, -0.25) is 10.1 Å². The number of methoxy groups -OCH3 is 1. The van der Waals surface area contributed by atoms with Gasteiger partial charge in [0.15, 0.2) is 11.5 Å². The van der Waals surface area contributed by atoms with Crippen LogP contribution in [0.1, 0.15) is 87.8 Å². The van der Waals surface area contributed by atoms with E-state index in [0.29, 0.717) is 35.3 Å². The first-order valence-corrected chi connectivity index (χ1v) is 14.0. The second kappa shape index (κ2) is 17.3. The van der Waals surface area contributed by atoms with E-state index in [4.69, 9.17) is 37.4 Å². The summed E-state index contributed by atoms with van der Waals surface area (Å²) >= 11 is 11.9. The number of benzene rings is 2. The first kappa shape index (κ1) is 30.0. The average Bonchev–Trinajstić information content (AvgIpc) is 2.90. The summed E-state index contributed by atoms with van der Waals surface area (Å²) in [6.45, 7) is 2.72. The average molecular weight is 541 g/mol. The molecular weight excluding hydrogens is 501 g/mol. The lowest BCUT2D eigenvalue weighted by Gasteiger charge is -2.15. The van der Waals surface area contributed by atoms with Crippen molar-refractivity contribution in [1.82, 2.24) is 0 Å². The topological polar surface area (TPSA) is 70.8 Å². The van der Waals surface area contributed by atoms with Crippen LogP contribution in [0.4, 0.5) is 5.69 Å². The van der Waals surface area contributed by atoms with Gasteiger partial charge in [0.2, 0.25) is 0 Å². The van der Waals surface area contributed by atoms with Crippen LogP contribution < -0.4 is 14.2 Å². The first-order valence-electron chi connectivity index (χ1n) is 12.9. The van der Waals surface area contributed by atoms with E-state index in [0.717, 1.165) is 24.0 Å². The van der Waals surface area contributed by atoms with Gasteiger partial charge in [-0.15, -0.1) is 23.2 Å². The zero-order valence-corrected chi connectivity index (χ0v) is 23.0. The molecule has 6 nitrogen and oxygen atoms in total. The fourth-order valence-corrected chi connectivity index (χ4v) is 4.41. The minimum Gasteiger partial charge on any atom is -0.493 e.